The summed E-state index contributed by atoms with van der Waals surface area (Å²) >= 11 is 17.4. The molecule has 2 aromatic rings. The molecule has 0 saturated heterocycles. The van der Waals surface area contributed by atoms with Crippen LogP contribution in [0.1, 0.15) is 0 Å². The quantitative estimate of drug-likeness (QED) is 0.727. The zero-order valence-corrected chi connectivity index (χ0v) is 14.1. The van der Waals surface area contributed by atoms with Gasteiger partial charge in [0.2, 0.25) is 0 Å². The number of hydrogen-bond acceptors (Lipinski definition) is 2. The first-order chi connectivity index (χ1) is 8.06. The fourth-order valence-electron chi connectivity index (χ4n) is 1.25. The molecule has 2 nitrogen and oxygen atoms in total. The zero-order valence-electron chi connectivity index (χ0n) is 9.83. The predicted molar refractivity (Wildman–Crippen MR) is 69.7 cm³/mol. The minimum atomic E-state index is -0.0523. The average molecular weight is 332 g/mol. The van der Waals surface area contributed by atoms with Gasteiger partial charge in [-0.2, -0.15) is 0 Å². The summed E-state index contributed by atoms with van der Waals surface area (Å²) in [5.74, 6) is 0.635. The van der Waals surface area contributed by atoms with Crippen LogP contribution in [-0.4, -0.2) is 5.11 Å². The van der Waals surface area contributed by atoms with E-state index in [2.05, 4.69) is 0 Å². The molecular formula is C12H7Cl3FNaO2. The zero-order chi connectivity index (χ0) is 12.4. The van der Waals surface area contributed by atoms with Gasteiger partial charge < -0.3 is 14.5 Å². The molecule has 0 heterocycles. The molecule has 0 bridgehead atoms. The Morgan fingerprint density at radius 1 is 0.842 bits per heavy atom. The molecule has 1 N–H and O–H groups in total. The second-order valence-corrected chi connectivity index (χ2v) is 4.57. The Labute approximate surface area is 146 Å². The molecule has 19 heavy (non-hydrogen) atoms. The molecule has 0 radical (unpaired) electrons. The van der Waals surface area contributed by atoms with E-state index in [9.17, 15) is 5.11 Å². The summed E-state index contributed by atoms with van der Waals surface area (Å²) in [6, 6.07) is 9.39. The van der Waals surface area contributed by atoms with Crippen LogP contribution in [0, 0.1) is 0 Å². The summed E-state index contributed by atoms with van der Waals surface area (Å²) < 4.78 is 5.45. The van der Waals surface area contributed by atoms with Crippen molar-refractivity contribution in [1.29, 1.82) is 0 Å². The maximum absolute atomic E-state index is 9.62. The summed E-state index contributed by atoms with van der Waals surface area (Å²) in [6.45, 7) is 0. The number of hydrogen-bond donors (Lipinski definition) is 1. The van der Waals surface area contributed by atoms with Crippen molar-refractivity contribution in [3.8, 4) is 17.2 Å². The van der Waals surface area contributed by atoms with E-state index in [1.54, 1.807) is 30.3 Å². The number of ether oxygens (including phenoxy) is 1. The summed E-state index contributed by atoms with van der Waals surface area (Å²) in [5, 5.41) is 10.9. The molecule has 0 saturated carbocycles. The van der Waals surface area contributed by atoms with E-state index in [4.69, 9.17) is 39.5 Å². The third-order valence-electron chi connectivity index (χ3n) is 2.03. The van der Waals surface area contributed by atoms with Gasteiger partial charge in [0.15, 0.2) is 11.5 Å². The standard InChI is InChI=1S/C12H7Cl3O2.FH.Na/c13-7-1-3-11(9(15)5-7)17-12-4-2-8(14)6-10(12)16;;/h1-6,16H;1H;/q;;+1/p-1. The van der Waals surface area contributed by atoms with Gasteiger partial charge >= 0.3 is 29.6 Å². The Hall–Kier alpha value is -0.160. The molecule has 0 fully saturated rings. The molecule has 0 spiro atoms. The van der Waals surface area contributed by atoms with Crippen molar-refractivity contribution in [2.24, 2.45) is 0 Å². The number of halogens is 4. The van der Waals surface area contributed by atoms with Gasteiger partial charge in [0.25, 0.3) is 0 Å². The molecule has 2 aromatic carbocycles. The van der Waals surface area contributed by atoms with Crippen molar-refractivity contribution in [1.82, 2.24) is 0 Å². The number of aromatic hydroxyl groups is 1. The van der Waals surface area contributed by atoms with Crippen molar-refractivity contribution in [2.75, 3.05) is 0 Å². The molecule has 0 aliphatic rings. The van der Waals surface area contributed by atoms with Crippen LogP contribution in [-0.2, 0) is 0 Å². The van der Waals surface area contributed by atoms with Crippen molar-refractivity contribution in [3.05, 3.63) is 51.5 Å². The first-order valence-corrected chi connectivity index (χ1v) is 5.81. The topological polar surface area (TPSA) is 29.5 Å². The summed E-state index contributed by atoms with van der Waals surface area (Å²) in [6.07, 6.45) is 0. The SMILES string of the molecule is Oc1cc(Cl)ccc1Oc1ccc(Cl)cc1Cl.[F-].[Na+]. The fraction of sp³-hybridized carbons (Fsp3) is 0. The third kappa shape index (κ3) is 5.03. The van der Waals surface area contributed by atoms with E-state index < -0.39 is 0 Å². The van der Waals surface area contributed by atoms with E-state index in [0.717, 1.165) is 0 Å². The molecule has 0 unspecified atom stereocenters. The van der Waals surface area contributed by atoms with E-state index in [0.29, 0.717) is 20.8 Å². The van der Waals surface area contributed by atoms with E-state index in [1.807, 2.05) is 0 Å². The molecule has 0 aliphatic carbocycles. The van der Waals surface area contributed by atoms with Crippen LogP contribution in [0.15, 0.2) is 36.4 Å². The Morgan fingerprint density at radius 3 is 1.89 bits per heavy atom. The van der Waals surface area contributed by atoms with Crippen LogP contribution in [0.5, 0.6) is 17.2 Å². The van der Waals surface area contributed by atoms with Crippen LogP contribution in [0.4, 0.5) is 0 Å². The molecule has 96 valence electrons. The minimum absolute atomic E-state index is 0. The molecule has 0 aromatic heterocycles. The second-order valence-electron chi connectivity index (χ2n) is 3.29. The molecule has 0 aliphatic heterocycles. The maximum Gasteiger partial charge on any atom is 1.00 e. The van der Waals surface area contributed by atoms with Crippen LogP contribution in [0.2, 0.25) is 15.1 Å². The smallest absolute Gasteiger partial charge is 1.00 e. The monoisotopic (exact) mass is 330 g/mol. The van der Waals surface area contributed by atoms with Gasteiger partial charge in [-0.25, -0.2) is 0 Å². The Balaban J connectivity index is 0.00000162. The Kier molecular flexibility index (Phi) is 8.13. The van der Waals surface area contributed by atoms with Crippen LogP contribution < -0.4 is 39.0 Å². The van der Waals surface area contributed by atoms with Crippen LogP contribution >= 0.6 is 34.8 Å². The summed E-state index contributed by atoms with van der Waals surface area (Å²) in [7, 11) is 0. The van der Waals surface area contributed by atoms with Gasteiger partial charge in [-0.1, -0.05) is 34.8 Å². The average Bonchev–Trinajstić information content (AvgIpc) is 2.25. The van der Waals surface area contributed by atoms with E-state index in [1.165, 1.54) is 6.07 Å². The van der Waals surface area contributed by atoms with Gasteiger partial charge in [0.1, 0.15) is 5.75 Å². The van der Waals surface area contributed by atoms with Gasteiger partial charge in [-0.15, -0.1) is 0 Å². The van der Waals surface area contributed by atoms with Gasteiger partial charge in [0.05, 0.1) is 5.02 Å². The van der Waals surface area contributed by atoms with Crippen molar-refractivity contribution in [3.63, 3.8) is 0 Å². The fourth-order valence-corrected chi connectivity index (χ4v) is 1.87. The van der Waals surface area contributed by atoms with Crippen LogP contribution in [0.3, 0.4) is 0 Å². The Bertz CT molecular complexity index is 517. The van der Waals surface area contributed by atoms with E-state index in [-0.39, 0.29) is 45.8 Å². The largest absolute Gasteiger partial charge is 1.00 e. The van der Waals surface area contributed by atoms with Crippen molar-refractivity contribution < 1.29 is 44.1 Å². The predicted octanol–water partition coefficient (Wildman–Crippen LogP) is -0.847. The first kappa shape index (κ1) is 18.8. The van der Waals surface area contributed by atoms with E-state index >= 15 is 0 Å². The Morgan fingerprint density at radius 2 is 1.37 bits per heavy atom. The van der Waals surface area contributed by atoms with Crippen molar-refractivity contribution >= 4 is 34.8 Å². The molecule has 0 amide bonds. The van der Waals surface area contributed by atoms with Gasteiger partial charge in [-0.05, 0) is 30.3 Å². The normalized spacial score (nSPS) is 9.21. The number of benzene rings is 2. The second kappa shape index (κ2) is 8.20. The molecule has 2 rings (SSSR count). The molecule has 7 heteroatoms. The number of phenolic OH excluding ortho intramolecular Hbond substituents is 1. The first-order valence-electron chi connectivity index (χ1n) is 4.67. The summed E-state index contributed by atoms with van der Waals surface area (Å²) in [4.78, 5) is 0. The van der Waals surface area contributed by atoms with Crippen molar-refractivity contribution in [2.45, 2.75) is 0 Å². The molecule has 0 atom stereocenters. The van der Waals surface area contributed by atoms with Gasteiger partial charge in [-0.3, -0.25) is 0 Å². The summed E-state index contributed by atoms with van der Waals surface area (Å²) in [5.41, 5.74) is 0. The third-order valence-corrected chi connectivity index (χ3v) is 2.80. The van der Waals surface area contributed by atoms with Crippen LogP contribution in [0.25, 0.3) is 0 Å². The minimum Gasteiger partial charge on any atom is -1.00 e. The number of rotatable bonds is 2. The maximum atomic E-state index is 9.62. The number of phenols is 1. The molecular weight excluding hydrogens is 324 g/mol. The van der Waals surface area contributed by atoms with Gasteiger partial charge in [0, 0.05) is 16.1 Å².